The smallest absolute Gasteiger partial charge is 0.173 e. The van der Waals surface area contributed by atoms with Gasteiger partial charge in [0.05, 0.1) is 17.9 Å². The van der Waals surface area contributed by atoms with E-state index in [4.69, 9.17) is 33.6 Å². The monoisotopic (exact) mass is 424 g/mol. The Morgan fingerprint density at radius 1 is 1.07 bits per heavy atom. The molecule has 0 unspecified atom stereocenters. The second kappa shape index (κ2) is 7.28. The van der Waals surface area contributed by atoms with Gasteiger partial charge in [-0.1, -0.05) is 35.3 Å². The summed E-state index contributed by atoms with van der Waals surface area (Å²) < 4.78 is 1.83. The van der Waals surface area contributed by atoms with E-state index >= 15 is 0 Å². The Labute approximate surface area is 177 Å². The number of rotatable bonds is 3. The van der Waals surface area contributed by atoms with Crippen LogP contribution in [0.15, 0.2) is 36.8 Å². The maximum Gasteiger partial charge on any atom is 0.173 e. The molecule has 0 spiro atoms. The minimum absolute atomic E-state index is 0.149. The molecule has 1 aliphatic rings. The van der Waals surface area contributed by atoms with Crippen LogP contribution in [0.4, 0.5) is 0 Å². The number of hydrogen-bond donors (Lipinski definition) is 2. The summed E-state index contributed by atoms with van der Waals surface area (Å²) >= 11 is 12.5. The number of halogens is 2. The zero-order valence-corrected chi connectivity index (χ0v) is 17.1. The van der Waals surface area contributed by atoms with E-state index in [2.05, 4.69) is 33.2 Å². The minimum atomic E-state index is 0.149. The Bertz CT molecular complexity index is 1270. The Kier molecular flexibility index (Phi) is 4.60. The molecule has 146 valence electrons. The Balaban J connectivity index is 1.61. The third kappa shape index (κ3) is 3.32. The number of aromatic nitrogens is 5. The largest absolute Gasteiger partial charge is 0.334 e. The summed E-state index contributed by atoms with van der Waals surface area (Å²) in [6.07, 6.45) is 7.88. The molecule has 29 heavy (non-hydrogen) atoms. The van der Waals surface area contributed by atoms with Crippen molar-refractivity contribution >= 4 is 34.4 Å². The number of imidazole rings is 1. The van der Waals surface area contributed by atoms with Crippen LogP contribution in [0.5, 0.6) is 0 Å². The summed E-state index contributed by atoms with van der Waals surface area (Å²) in [4.78, 5) is 16.4. The van der Waals surface area contributed by atoms with Gasteiger partial charge in [0.25, 0.3) is 0 Å². The SMILES string of the molecule is N=c1ncn(Cc2c(Cl)ccnc2Cl)c2nc(-c3ccc4c(c3)CCCC4)[nH]c12. The number of aromatic amines is 1. The zero-order valence-electron chi connectivity index (χ0n) is 15.5. The lowest BCUT2D eigenvalue weighted by molar-refractivity contribution is 0.686. The Morgan fingerprint density at radius 2 is 1.90 bits per heavy atom. The molecule has 8 heteroatoms. The van der Waals surface area contributed by atoms with Gasteiger partial charge in [-0.25, -0.2) is 15.0 Å². The lowest BCUT2D eigenvalue weighted by atomic mass is 9.90. The lowest BCUT2D eigenvalue weighted by Gasteiger charge is -2.15. The van der Waals surface area contributed by atoms with Gasteiger partial charge in [-0.3, -0.25) is 5.41 Å². The van der Waals surface area contributed by atoms with E-state index < -0.39 is 0 Å². The molecule has 0 aliphatic heterocycles. The maximum absolute atomic E-state index is 8.19. The number of benzene rings is 1. The van der Waals surface area contributed by atoms with E-state index in [1.165, 1.54) is 24.0 Å². The first-order valence-electron chi connectivity index (χ1n) is 9.51. The van der Waals surface area contributed by atoms with E-state index in [0.29, 0.717) is 33.4 Å². The van der Waals surface area contributed by atoms with Crippen molar-refractivity contribution in [2.45, 2.75) is 32.2 Å². The minimum Gasteiger partial charge on any atom is -0.334 e. The van der Waals surface area contributed by atoms with E-state index in [9.17, 15) is 0 Å². The molecule has 0 amide bonds. The van der Waals surface area contributed by atoms with Crippen molar-refractivity contribution < 1.29 is 0 Å². The molecule has 0 atom stereocenters. The van der Waals surface area contributed by atoms with Crippen molar-refractivity contribution in [1.82, 2.24) is 24.5 Å². The summed E-state index contributed by atoms with van der Waals surface area (Å²) in [5, 5.41) is 9.07. The van der Waals surface area contributed by atoms with Crippen LogP contribution >= 0.6 is 23.2 Å². The highest BCUT2D eigenvalue weighted by Crippen LogP contribution is 2.28. The van der Waals surface area contributed by atoms with Gasteiger partial charge in [-0.05, 0) is 48.9 Å². The number of fused-ring (bicyclic) bond motifs is 2. The molecule has 4 aromatic rings. The molecular weight excluding hydrogens is 407 g/mol. The maximum atomic E-state index is 8.19. The second-order valence-corrected chi connectivity index (χ2v) is 8.02. The number of aryl methyl sites for hydroxylation is 2. The van der Waals surface area contributed by atoms with Crippen LogP contribution in [0, 0.1) is 5.41 Å². The molecular formula is C21H18Cl2N6. The summed E-state index contributed by atoms with van der Waals surface area (Å²) in [5.41, 5.74) is 5.89. The fourth-order valence-electron chi connectivity index (χ4n) is 3.87. The summed E-state index contributed by atoms with van der Waals surface area (Å²) in [7, 11) is 0. The topological polar surface area (TPSA) is 83.2 Å². The van der Waals surface area contributed by atoms with Crippen molar-refractivity contribution in [3.8, 4) is 11.4 Å². The summed E-state index contributed by atoms with van der Waals surface area (Å²) in [6.45, 7) is 0.365. The molecule has 0 radical (unpaired) electrons. The number of nitrogens with zero attached hydrogens (tertiary/aromatic N) is 4. The van der Waals surface area contributed by atoms with Crippen molar-refractivity contribution in [3.63, 3.8) is 0 Å². The van der Waals surface area contributed by atoms with Crippen molar-refractivity contribution in [2.24, 2.45) is 0 Å². The van der Waals surface area contributed by atoms with Crippen LogP contribution in [0.1, 0.15) is 29.5 Å². The van der Waals surface area contributed by atoms with E-state index in [1.54, 1.807) is 18.6 Å². The van der Waals surface area contributed by atoms with Crippen molar-refractivity contribution in [1.29, 1.82) is 5.41 Å². The average molecular weight is 425 g/mol. The standard InChI is InChI=1S/C21H18Cl2N6/c22-16-7-8-25-18(23)15(16)10-29-11-26-19(24)17-21(29)28-20(27-17)14-6-5-12-3-1-2-4-13(12)9-14/h5-9,11,24H,1-4,10H2,(H,27,28). The van der Waals surface area contributed by atoms with Crippen LogP contribution in [0.2, 0.25) is 10.2 Å². The average Bonchev–Trinajstić information content (AvgIpc) is 3.19. The molecule has 5 rings (SSSR count). The van der Waals surface area contributed by atoms with Crippen LogP contribution < -0.4 is 5.49 Å². The van der Waals surface area contributed by atoms with Crippen molar-refractivity contribution in [2.75, 3.05) is 0 Å². The molecule has 3 aromatic heterocycles. The molecule has 2 N–H and O–H groups in total. The third-order valence-corrected chi connectivity index (χ3v) is 6.10. The molecule has 0 bridgehead atoms. The molecule has 6 nitrogen and oxygen atoms in total. The van der Waals surface area contributed by atoms with Crippen LogP contribution in [0.25, 0.3) is 22.6 Å². The van der Waals surface area contributed by atoms with Gasteiger partial charge in [0.2, 0.25) is 0 Å². The van der Waals surface area contributed by atoms with Crippen LogP contribution in [-0.4, -0.2) is 24.5 Å². The van der Waals surface area contributed by atoms with Gasteiger partial charge in [0.15, 0.2) is 11.1 Å². The number of hydrogen-bond acceptors (Lipinski definition) is 4. The highest BCUT2D eigenvalue weighted by atomic mass is 35.5. The highest BCUT2D eigenvalue weighted by Gasteiger charge is 2.15. The molecule has 0 fully saturated rings. The lowest BCUT2D eigenvalue weighted by Crippen LogP contribution is -2.13. The fourth-order valence-corrected chi connectivity index (χ4v) is 4.34. The Hall–Kier alpha value is -2.70. The normalized spacial score (nSPS) is 13.6. The molecule has 1 aliphatic carbocycles. The first-order valence-corrected chi connectivity index (χ1v) is 10.3. The van der Waals surface area contributed by atoms with Crippen molar-refractivity contribution in [3.05, 3.63) is 69.1 Å². The summed E-state index contributed by atoms with van der Waals surface area (Å²) in [6, 6.07) is 8.20. The van der Waals surface area contributed by atoms with E-state index in [-0.39, 0.29) is 5.49 Å². The van der Waals surface area contributed by atoms with Gasteiger partial charge in [-0.15, -0.1) is 0 Å². The molecule has 1 aromatic carbocycles. The van der Waals surface area contributed by atoms with Gasteiger partial charge in [0, 0.05) is 17.3 Å². The third-order valence-electron chi connectivity index (χ3n) is 5.42. The number of nitrogens with one attached hydrogen (secondary N) is 2. The molecule has 0 saturated heterocycles. The number of pyridine rings is 1. The zero-order chi connectivity index (χ0) is 20.0. The predicted octanol–water partition coefficient (Wildman–Crippen LogP) is 4.53. The van der Waals surface area contributed by atoms with Crippen LogP contribution in [-0.2, 0) is 19.4 Å². The second-order valence-electron chi connectivity index (χ2n) is 7.26. The predicted molar refractivity (Wildman–Crippen MR) is 113 cm³/mol. The molecule has 3 heterocycles. The van der Waals surface area contributed by atoms with Gasteiger partial charge in [0.1, 0.15) is 16.5 Å². The number of H-pyrrole nitrogens is 1. The summed E-state index contributed by atoms with van der Waals surface area (Å²) in [5.74, 6) is 0.729. The van der Waals surface area contributed by atoms with Gasteiger partial charge in [-0.2, -0.15) is 0 Å². The Morgan fingerprint density at radius 3 is 2.72 bits per heavy atom. The highest BCUT2D eigenvalue weighted by molar-refractivity contribution is 6.35. The van der Waals surface area contributed by atoms with Crippen LogP contribution in [0.3, 0.4) is 0 Å². The first-order chi connectivity index (χ1) is 14.1. The van der Waals surface area contributed by atoms with E-state index in [1.807, 2.05) is 4.57 Å². The van der Waals surface area contributed by atoms with Gasteiger partial charge >= 0.3 is 0 Å². The first kappa shape index (κ1) is 18.3. The quantitative estimate of drug-likeness (QED) is 0.473. The van der Waals surface area contributed by atoms with E-state index in [0.717, 1.165) is 24.2 Å². The molecule has 0 saturated carbocycles. The van der Waals surface area contributed by atoms with Gasteiger partial charge < -0.3 is 9.55 Å². The fraction of sp³-hybridized carbons (Fsp3) is 0.238.